The number of ether oxygens (including phenoxy) is 1. The summed E-state index contributed by atoms with van der Waals surface area (Å²) in [6, 6.07) is 13.5. The summed E-state index contributed by atoms with van der Waals surface area (Å²) < 4.78 is 18.8. The fourth-order valence-electron chi connectivity index (χ4n) is 2.10. The van der Waals surface area contributed by atoms with Crippen LogP contribution >= 0.6 is 0 Å². The van der Waals surface area contributed by atoms with E-state index in [4.69, 9.17) is 4.74 Å². The fraction of sp³-hybridized carbons (Fsp3) is 0.316. The zero-order valence-electron chi connectivity index (χ0n) is 13.9. The van der Waals surface area contributed by atoms with E-state index in [1.54, 1.807) is 19.1 Å². The number of halogens is 1. The van der Waals surface area contributed by atoms with Crippen molar-refractivity contribution < 1.29 is 13.9 Å². The summed E-state index contributed by atoms with van der Waals surface area (Å²) in [5, 5.41) is 2.63. The predicted molar refractivity (Wildman–Crippen MR) is 90.3 cm³/mol. The van der Waals surface area contributed by atoms with Gasteiger partial charge in [-0.1, -0.05) is 39.0 Å². The summed E-state index contributed by atoms with van der Waals surface area (Å²) in [5.41, 5.74) is 1.68. The highest BCUT2D eigenvalue weighted by atomic mass is 19.1. The molecule has 0 radical (unpaired) electrons. The maximum atomic E-state index is 13.1. The first-order chi connectivity index (χ1) is 10.8. The average molecular weight is 315 g/mol. The van der Waals surface area contributed by atoms with Crippen LogP contribution < -0.4 is 10.1 Å². The monoisotopic (exact) mass is 315 g/mol. The Labute approximate surface area is 136 Å². The molecule has 0 aromatic heterocycles. The number of amides is 1. The second kappa shape index (κ2) is 6.82. The first-order valence-electron chi connectivity index (χ1n) is 7.59. The van der Waals surface area contributed by atoms with Crippen LogP contribution in [0.15, 0.2) is 48.5 Å². The summed E-state index contributed by atoms with van der Waals surface area (Å²) in [5.74, 6) is -0.0930. The van der Waals surface area contributed by atoms with Crippen LogP contribution in [-0.2, 0) is 10.2 Å². The van der Waals surface area contributed by atoms with Gasteiger partial charge in [-0.2, -0.15) is 0 Å². The van der Waals surface area contributed by atoms with E-state index < -0.39 is 11.9 Å². The summed E-state index contributed by atoms with van der Waals surface area (Å²) >= 11 is 0. The Morgan fingerprint density at radius 3 is 2.35 bits per heavy atom. The third-order valence-electron chi connectivity index (χ3n) is 3.49. The molecular weight excluding hydrogens is 293 g/mol. The molecule has 0 bridgehead atoms. The molecular formula is C19H22FNO2. The van der Waals surface area contributed by atoms with Gasteiger partial charge in [0.05, 0.1) is 0 Å². The molecule has 0 saturated heterocycles. The molecule has 4 heteroatoms. The zero-order chi connectivity index (χ0) is 17.0. The van der Waals surface area contributed by atoms with Crippen LogP contribution in [0.2, 0.25) is 0 Å². The molecule has 122 valence electrons. The highest BCUT2D eigenvalue weighted by Gasteiger charge is 2.17. The number of carbonyl (C=O) groups excluding carboxylic acids is 1. The van der Waals surface area contributed by atoms with Gasteiger partial charge in [0.25, 0.3) is 5.91 Å². The number of nitrogens with one attached hydrogen (secondary N) is 1. The van der Waals surface area contributed by atoms with Crippen molar-refractivity contribution in [2.45, 2.75) is 39.2 Å². The Morgan fingerprint density at radius 2 is 1.78 bits per heavy atom. The van der Waals surface area contributed by atoms with Gasteiger partial charge in [-0.15, -0.1) is 0 Å². The Kier molecular flexibility index (Phi) is 5.04. The lowest BCUT2D eigenvalue weighted by Crippen LogP contribution is -2.30. The van der Waals surface area contributed by atoms with Crippen LogP contribution in [0, 0.1) is 5.82 Å². The van der Waals surface area contributed by atoms with E-state index in [1.165, 1.54) is 17.7 Å². The van der Waals surface area contributed by atoms with Crippen molar-refractivity contribution in [2.75, 3.05) is 5.32 Å². The van der Waals surface area contributed by atoms with Gasteiger partial charge in [0, 0.05) is 5.69 Å². The minimum Gasteiger partial charge on any atom is -0.481 e. The third kappa shape index (κ3) is 4.81. The summed E-state index contributed by atoms with van der Waals surface area (Å²) in [7, 11) is 0. The zero-order valence-corrected chi connectivity index (χ0v) is 13.9. The molecule has 2 aromatic rings. The quantitative estimate of drug-likeness (QED) is 0.900. The second-order valence-corrected chi connectivity index (χ2v) is 6.53. The van der Waals surface area contributed by atoms with E-state index >= 15 is 0 Å². The highest BCUT2D eigenvalue weighted by molar-refractivity contribution is 5.94. The van der Waals surface area contributed by atoms with Gasteiger partial charge >= 0.3 is 0 Å². The van der Waals surface area contributed by atoms with E-state index in [0.29, 0.717) is 11.4 Å². The van der Waals surface area contributed by atoms with Gasteiger partial charge in [-0.25, -0.2) is 4.39 Å². The molecule has 0 heterocycles. The molecule has 0 spiro atoms. The van der Waals surface area contributed by atoms with Crippen LogP contribution in [0.3, 0.4) is 0 Å². The van der Waals surface area contributed by atoms with Gasteiger partial charge in [0.2, 0.25) is 0 Å². The van der Waals surface area contributed by atoms with Gasteiger partial charge in [0.15, 0.2) is 6.10 Å². The Morgan fingerprint density at radius 1 is 1.13 bits per heavy atom. The van der Waals surface area contributed by atoms with Gasteiger partial charge in [-0.3, -0.25) is 4.79 Å². The van der Waals surface area contributed by atoms with Crippen LogP contribution in [0.1, 0.15) is 33.3 Å². The summed E-state index contributed by atoms with van der Waals surface area (Å²) in [6.45, 7) is 8.07. The van der Waals surface area contributed by atoms with E-state index in [1.807, 2.05) is 24.3 Å². The van der Waals surface area contributed by atoms with Gasteiger partial charge in [0.1, 0.15) is 11.6 Å². The lowest BCUT2D eigenvalue weighted by molar-refractivity contribution is -0.122. The largest absolute Gasteiger partial charge is 0.481 e. The Hall–Kier alpha value is -2.36. The normalized spacial score (nSPS) is 12.6. The van der Waals surface area contributed by atoms with Crippen LogP contribution in [-0.4, -0.2) is 12.0 Å². The molecule has 1 amide bonds. The predicted octanol–water partition coefficient (Wildman–Crippen LogP) is 4.53. The number of anilines is 1. The lowest BCUT2D eigenvalue weighted by Gasteiger charge is -2.20. The van der Waals surface area contributed by atoms with Crippen molar-refractivity contribution in [3.05, 3.63) is 59.9 Å². The fourth-order valence-corrected chi connectivity index (χ4v) is 2.10. The lowest BCUT2D eigenvalue weighted by atomic mass is 9.87. The molecule has 3 nitrogen and oxygen atoms in total. The molecule has 23 heavy (non-hydrogen) atoms. The van der Waals surface area contributed by atoms with Gasteiger partial charge in [-0.05, 0) is 48.2 Å². The maximum absolute atomic E-state index is 13.1. The summed E-state index contributed by atoms with van der Waals surface area (Å²) in [4.78, 5) is 12.1. The molecule has 0 aliphatic heterocycles. The van der Waals surface area contributed by atoms with Crippen molar-refractivity contribution >= 4 is 11.6 Å². The molecule has 1 atom stereocenters. The van der Waals surface area contributed by atoms with Crippen molar-refractivity contribution in [1.82, 2.24) is 0 Å². The first-order valence-corrected chi connectivity index (χ1v) is 7.59. The maximum Gasteiger partial charge on any atom is 0.265 e. The number of hydrogen-bond donors (Lipinski definition) is 1. The molecule has 1 N–H and O–H groups in total. The molecule has 2 aromatic carbocycles. The number of hydrogen-bond acceptors (Lipinski definition) is 2. The van der Waals surface area contributed by atoms with Crippen LogP contribution in [0.5, 0.6) is 5.75 Å². The second-order valence-electron chi connectivity index (χ2n) is 6.53. The SMILES string of the molecule is C[C@@H](Oc1ccc(C(C)(C)C)cc1)C(=O)Nc1cccc(F)c1. The third-order valence-corrected chi connectivity index (χ3v) is 3.49. The van der Waals surface area contributed by atoms with E-state index in [9.17, 15) is 9.18 Å². The number of rotatable bonds is 4. The van der Waals surface area contributed by atoms with E-state index in [2.05, 4.69) is 26.1 Å². The first kappa shape index (κ1) is 17.0. The number of carbonyl (C=O) groups is 1. The van der Waals surface area contributed by atoms with Crippen molar-refractivity contribution in [2.24, 2.45) is 0 Å². The standard InChI is InChI=1S/C19H22FNO2/c1-13(18(22)21-16-7-5-6-15(20)12-16)23-17-10-8-14(9-11-17)19(2,3)4/h5-13H,1-4H3,(H,21,22)/t13-/m1/s1. The Balaban J connectivity index is 1.98. The van der Waals surface area contributed by atoms with Crippen LogP contribution in [0.4, 0.5) is 10.1 Å². The van der Waals surface area contributed by atoms with E-state index in [0.717, 1.165) is 0 Å². The molecule has 0 fully saturated rings. The molecule has 2 rings (SSSR count). The highest BCUT2D eigenvalue weighted by Crippen LogP contribution is 2.24. The smallest absolute Gasteiger partial charge is 0.265 e. The molecule has 0 aliphatic rings. The van der Waals surface area contributed by atoms with Crippen LogP contribution in [0.25, 0.3) is 0 Å². The topological polar surface area (TPSA) is 38.3 Å². The molecule has 0 aliphatic carbocycles. The van der Waals surface area contributed by atoms with Crippen molar-refractivity contribution in [3.8, 4) is 5.75 Å². The van der Waals surface area contributed by atoms with Gasteiger partial charge < -0.3 is 10.1 Å². The Bertz CT molecular complexity index is 675. The minimum absolute atomic E-state index is 0.0684. The summed E-state index contributed by atoms with van der Waals surface area (Å²) in [6.07, 6.45) is -0.682. The molecule has 0 saturated carbocycles. The molecule has 0 unspecified atom stereocenters. The van der Waals surface area contributed by atoms with E-state index in [-0.39, 0.29) is 11.3 Å². The van der Waals surface area contributed by atoms with Crippen molar-refractivity contribution in [1.29, 1.82) is 0 Å². The average Bonchev–Trinajstić information content (AvgIpc) is 2.46. The van der Waals surface area contributed by atoms with Crippen molar-refractivity contribution in [3.63, 3.8) is 0 Å². The minimum atomic E-state index is -0.682. The number of benzene rings is 2.